The molecule has 1 aromatic carbocycles. The summed E-state index contributed by atoms with van der Waals surface area (Å²) >= 11 is 11.8. The molecule has 5 nitrogen and oxygen atoms in total. The molecule has 2 rings (SSSR count). The second kappa shape index (κ2) is 6.78. The summed E-state index contributed by atoms with van der Waals surface area (Å²) in [6.07, 6.45) is 0. The third-order valence-corrected chi connectivity index (χ3v) is 3.90. The Labute approximate surface area is 146 Å². The number of nitrogens with zero attached hydrogens (tertiary/aromatic N) is 2. The Morgan fingerprint density at radius 2 is 1.92 bits per heavy atom. The van der Waals surface area contributed by atoms with Crippen molar-refractivity contribution in [2.24, 2.45) is 0 Å². The maximum Gasteiger partial charge on any atom is 0.358 e. The minimum Gasteiger partial charge on any atom is -0.464 e. The fraction of sp³-hybridized carbons (Fsp3) is 0.200. The molecule has 9 heteroatoms. The molecule has 0 fully saturated rings. The number of rotatable bonds is 3. The first-order valence-corrected chi connectivity index (χ1v) is 7.34. The van der Waals surface area contributed by atoms with E-state index in [1.165, 1.54) is 11.0 Å². The molecule has 2 N–H and O–H groups in total. The highest BCUT2D eigenvalue weighted by Crippen LogP contribution is 2.38. The summed E-state index contributed by atoms with van der Waals surface area (Å²) in [4.78, 5) is 17.0. The van der Waals surface area contributed by atoms with E-state index in [4.69, 9.17) is 28.9 Å². The van der Waals surface area contributed by atoms with Gasteiger partial charge in [-0.05, 0) is 12.1 Å². The Bertz CT molecular complexity index is 829. The van der Waals surface area contributed by atoms with Gasteiger partial charge in [0.25, 0.3) is 0 Å². The van der Waals surface area contributed by atoms with Crippen molar-refractivity contribution in [1.29, 1.82) is 0 Å². The molecule has 0 saturated heterocycles. The van der Waals surface area contributed by atoms with Gasteiger partial charge in [0.1, 0.15) is 5.82 Å². The SMILES string of the molecule is COC(=O)c1nc(-c2c(F)cc(Cl)c(N(C)C)c2F)cc(N)c1Cl. The standard InChI is InChI=1S/C15H13Cl2F2N3O2/c1-22(2)14-6(16)4-7(18)10(12(14)19)9-5-8(20)11(17)13(21-9)15(23)24-3/h4-5H,1-3H3,(H2,20,21). The van der Waals surface area contributed by atoms with E-state index < -0.39 is 23.2 Å². The van der Waals surface area contributed by atoms with Crippen LogP contribution in [0.1, 0.15) is 10.5 Å². The molecule has 1 aromatic heterocycles. The van der Waals surface area contributed by atoms with Crippen LogP contribution in [0.2, 0.25) is 10.0 Å². The molecule has 2 aromatic rings. The van der Waals surface area contributed by atoms with Gasteiger partial charge >= 0.3 is 5.97 Å². The van der Waals surface area contributed by atoms with Gasteiger partial charge in [0.05, 0.1) is 39.8 Å². The van der Waals surface area contributed by atoms with Crippen molar-refractivity contribution >= 4 is 40.5 Å². The van der Waals surface area contributed by atoms with Crippen LogP contribution in [-0.4, -0.2) is 32.2 Å². The van der Waals surface area contributed by atoms with E-state index in [1.807, 2.05) is 0 Å². The number of esters is 1. The van der Waals surface area contributed by atoms with Gasteiger partial charge < -0.3 is 15.4 Å². The maximum atomic E-state index is 14.8. The van der Waals surface area contributed by atoms with Crippen LogP contribution in [0.3, 0.4) is 0 Å². The van der Waals surface area contributed by atoms with E-state index >= 15 is 0 Å². The number of carbonyl (C=O) groups excluding carboxylic acids is 1. The van der Waals surface area contributed by atoms with E-state index in [9.17, 15) is 13.6 Å². The smallest absolute Gasteiger partial charge is 0.358 e. The van der Waals surface area contributed by atoms with Crippen LogP contribution >= 0.6 is 23.2 Å². The number of methoxy groups -OCH3 is 1. The van der Waals surface area contributed by atoms with Gasteiger partial charge in [0.2, 0.25) is 0 Å². The van der Waals surface area contributed by atoms with Gasteiger partial charge in [-0.3, -0.25) is 0 Å². The number of ether oxygens (including phenoxy) is 1. The Morgan fingerprint density at radius 3 is 2.46 bits per heavy atom. The monoisotopic (exact) mass is 375 g/mol. The minimum atomic E-state index is -0.951. The Kier molecular flexibility index (Phi) is 5.15. The molecule has 0 spiro atoms. The van der Waals surface area contributed by atoms with Gasteiger partial charge in [-0.15, -0.1) is 0 Å². The summed E-state index contributed by atoms with van der Waals surface area (Å²) in [6.45, 7) is 0. The highest BCUT2D eigenvalue weighted by atomic mass is 35.5. The predicted molar refractivity (Wildman–Crippen MR) is 89.7 cm³/mol. The summed E-state index contributed by atoms with van der Waals surface area (Å²) in [6, 6.07) is 2.13. The van der Waals surface area contributed by atoms with Crippen molar-refractivity contribution in [2.75, 3.05) is 31.8 Å². The molecular formula is C15H13Cl2F2N3O2. The van der Waals surface area contributed by atoms with E-state index in [2.05, 4.69) is 9.72 Å². The van der Waals surface area contributed by atoms with Gasteiger partial charge in [-0.2, -0.15) is 0 Å². The average molecular weight is 376 g/mol. The van der Waals surface area contributed by atoms with Gasteiger partial charge in [-0.1, -0.05) is 23.2 Å². The Balaban J connectivity index is 2.80. The lowest BCUT2D eigenvalue weighted by Crippen LogP contribution is -2.13. The first-order chi connectivity index (χ1) is 11.2. The van der Waals surface area contributed by atoms with Crippen molar-refractivity contribution in [1.82, 2.24) is 4.98 Å². The summed E-state index contributed by atoms with van der Waals surface area (Å²) in [5.41, 5.74) is 4.61. The average Bonchev–Trinajstić information content (AvgIpc) is 2.48. The fourth-order valence-electron chi connectivity index (χ4n) is 2.13. The molecule has 128 valence electrons. The van der Waals surface area contributed by atoms with Crippen molar-refractivity contribution < 1.29 is 18.3 Å². The second-order valence-corrected chi connectivity index (χ2v) is 5.81. The molecule has 24 heavy (non-hydrogen) atoms. The number of hydrogen-bond donors (Lipinski definition) is 1. The topological polar surface area (TPSA) is 68.5 Å². The minimum absolute atomic E-state index is 0.0250. The molecule has 0 bridgehead atoms. The third kappa shape index (κ3) is 3.09. The number of benzene rings is 1. The van der Waals surface area contributed by atoms with E-state index in [1.54, 1.807) is 14.1 Å². The molecule has 0 aliphatic heterocycles. The Morgan fingerprint density at radius 1 is 1.29 bits per heavy atom. The number of halogens is 4. The lowest BCUT2D eigenvalue weighted by atomic mass is 10.1. The van der Waals surface area contributed by atoms with Crippen molar-refractivity contribution in [3.63, 3.8) is 0 Å². The Hall–Kier alpha value is -2.12. The zero-order chi connectivity index (χ0) is 18.2. The van der Waals surface area contributed by atoms with Gasteiger partial charge in [0, 0.05) is 14.1 Å². The molecule has 0 saturated carbocycles. The quantitative estimate of drug-likeness (QED) is 0.826. The number of anilines is 2. The lowest BCUT2D eigenvalue weighted by Gasteiger charge is -2.18. The predicted octanol–water partition coefficient (Wildman–Crippen LogP) is 3.77. The van der Waals surface area contributed by atoms with Crippen LogP contribution in [0, 0.1) is 11.6 Å². The van der Waals surface area contributed by atoms with Crippen LogP contribution in [0.25, 0.3) is 11.3 Å². The van der Waals surface area contributed by atoms with Crippen molar-refractivity contribution in [3.8, 4) is 11.3 Å². The number of carbonyl (C=O) groups is 1. The van der Waals surface area contributed by atoms with Crippen LogP contribution in [0.4, 0.5) is 20.2 Å². The molecule has 0 atom stereocenters. The molecule has 0 aliphatic carbocycles. The zero-order valence-electron chi connectivity index (χ0n) is 13.0. The zero-order valence-corrected chi connectivity index (χ0v) is 14.5. The summed E-state index contributed by atoms with van der Waals surface area (Å²) in [5.74, 6) is -2.76. The van der Waals surface area contributed by atoms with E-state index in [0.29, 0.717) is 0 Å². The van der Waals surface area contributed by atoms with Crippen LogP contribution in [-0.2, 0) is 4.74 Å². The van der Waals surface area contributed by atoms with Crippen LogP contribution in [0.15, 0.2) is 12.1 Å². The molecular weight excluding hydrogens is 363 g/mol. The lowest BCUT2D eigenvalue weighted by molar-refractivity contribution is 0.0594. The van der Waals surface area contributed by atoms with Crippen LogP contribution in [0.5, 0.6) is 0 Å². The molecule has 1 heterocycles. The summed E-state index contributed by atoms with van der Waals surface area (Å²) in [7, 11) is 4.22. The van der Waals surface area contributed by atoms with Gasteiger partial charge in [0.15, 0.2) is 11.5 Å². The molecule has 0 amide bonds. The fourth-order valence-corrected chi connectivity index (χ4v) is 2.66. The van der Waals surface area contributed by atoms with E-state index in [-0.39, 0.29) is 32.8 Å². The first-order valence-electron chi connectivity index (χ1n) is 6.58. The number of nitrogen functional groups attached to an aromatic ring is 1. The summed E-state index contributed by atoms with van der Waals surface area (Å²) < 4.78 is 33.6. The number of nitrogens with two attached hydrogens (primary N) is 1. The highest BCUT2D eigenvalue weighted by molar-refractivity contribution is 6.36. The number of hydrogen-bond acceptors (Lipinski definition) is 5. The molecule has 0 aliphatic rings. The third-order valence-electron chi connectivity index (χ3n) is 3.21. The van der Waals surface area contributed by atoms with Crippen molar-refractivity contribution in [2.45, 2.75) is 0 Å². The second-order valence-electron chi connectivity index (χ2n) is 5.02. The van der Waals surface area contributed by atoms with Crippen molar-refractivity contribution in [3.05, 3.63) is 39.5 Å². The number of pyridine rings is 1. The summed E-state index contributed by atoms with van der Waals surface area (Å²) in [5, 5.41) is -0.262. The largest absolute Gasteiger partial charge is 0.464 e. The van der Waals surface area contributed by atoms with E-state index in [0.717, 1.165) is 13.2 Å². The molecule has 0 unspecified atom stereocenters. The highest BCUT2D eigenvalue weighted by Gasteiger charge is 2.24. The normalized spacial score (nSPS) is 10.6. The maximum absolute atomic E-state index is 14.8. The van der Waals surface area contributed by atoms with Crippen LogP contribution < -0.4 is 10.6 Å². The van der Waals surface area contributed by atoms with Gasteiger partial charge in [-0.25, -0.2) is 18.6 Å². The molecule has 0 radical (unpaired) electrons. The first kappa shape index (κ1) is 18.2. The number of aromatic nitrogens is 1.